The Balaban J connectivity index is 1.87. The molecule has 9 nitrogen and oxygen atoms in total. The lowest BCUT2D eigenvalue weighted by Crippen LogP contribution is -2.39. The molecular formula is C23H23F3N4O5. The van der Waals surface area contributed by atoms with Crippen LogP contribution in [0.3, 0.4) is 0 Å². The molecule has 0 spiro atoms. The van der Waals surface area contributed by atoms with Gasteiger partial charge in [0.05, 0.1) is 16.6 Å². The van der Waals surface area contributed by atoms with E-state index in [1.54, 1.807) is 19.2 Å². The van der Waals surface area contributed by atoms with Gasteiger partial charge < -0.3 is 15.4 Å². The molecule has 3 rings (SSSR count). The highest BCUT2D eigenvalue weighted by atomic mass is 19.4. The van der Waals surface area contributed by atoms with Gasteiger partial charge in [-0.25, -0.2) is 19.0 Å². The van der Waals surface area contributed by atoms with Gasteiger partial charge in [0.25, 0.3) is 5.56 Å². The molecule has 1 heterocycles. The number of hydrogen-bond donors (Lipinski definition) is 1. The Morgan fingerprint density at radius 3 is 2.23 bits per heavy atom. The number of esters is 2. The van der Waals surface area contributed by atoms with Crippen molar-refractivity contribution in [1.29, 1.82) is 0 Å². The molecule has 0 aliphatic rings. The third-order valence-electron chi connectivity index (χ3n) is 5.21. The molecule has 12 heteroatoms. The van der Waals surface area contributed by atoms with Gasteiger partial charge in [0, 0.05) is 13.6 Å². The topological polar surface area (TPSA) is 117 Å². The molecule has 0 radical (unpaired) electrons. The van der Waals surface area contributed by atoms with Crippen LogP contribution in [-0.4, -0.2) is 52.3 Å². The van der Waals surface area contributed by atoms with Gasteiger partial charge in [-0.05, 0) is 55.9 Å². The van der Waals surface area contributed by atoms with E-state index < -0.39 is 35.4 Å². The molecule has 0 aliphatic heterocycles. The first kappa shape index (κ1) is 25.8. The molecule has 0 fully saturated rings. The number of aromatic nitrogens is 2. The smallest absolute Gasteiger partial charge is 0.385 e. The Morgan fingerprint density at radius 1 is 1.06 bits per heavy atom. The number of aryl methyl sites for hydroxylation is 1. The first-order valence-electron chi connectivity index (χ1n) is 10.4. The van der Waals surface area contributed by atoms with Gasteiger partial charge in [-0.3, -0.25) is 9.36 Å². The summed E-state index contributed by atoms with van der Waals surface area (Å²) in [4.78, 5) is 50.5. The van der Waals surface area contributed by atoms with Crippen LogP contribution in [0.5, 0.6) is 0 Å². The van der Waals surface area contributed by atoms with Crippen LogP contribution in [0.4, 0.5) is 13.2 Å². The predicted octanol–water partition coefficient (Wildman–Crippen LogP) is 1.25. The number of nitrogens with zero attached hydrogens (tertiary/aromatic N) is 3. The summed E-state index contributed by atoms with van der Waals surface area (Å²) in [6.07, 6.45) is -5.55. The van der Waals surface area contributed by atoms with Crippen molar-refractivity contribution in [2.75, 3.05) is 14.1 Å². The highest BCUT2D eigenvalue weighted by Gasteiger charge is 2.43. The number of rotatable bonds is 6. The minimum absolute atomic E-state index is 0.233. The molecule has 0 saturated carbocycles. The zero-order valence-corrected chi connectivity index (χ0v) is 19.1. The molecule has 3 aromatic rings. The quantitative estimate of drug-likeness (QED) is 0.407. The third-order valence-corrected chi connectivity index (χ3v) is 5.21. The molecule has 1 aromatic heterocycles. The Labute approximate surface area is 197 Å². The SMILES string of the molecule is CN(C)Cc1ccc2c(=O)n(-c3ccc(C[C@H](N)C(=O)OC(=O)C(F)(F)F)cc3)c(=O)n(C)c2c1. The molecule has 0 amide bonds. The van der Waals surface area contributed by atoms with E-state index in [1.807, 2.05) is 25.1 Å². The number of ether oxygens (including phenoxy) is 1. The van der Waals surface area contributed by atoms with E-state index in [9.17, 15) is 32.3 Å². The number of nitrogens with two attached hydrogens (primary N) is 1. The zero-order chi connectivity index (χ0) is 26.1. The van der Waals surface area contributed by atoms with Crippen LogP contribution in [0.2, 0.25) is 0 Å². The summed E-state index contributed by atoms with van der Waals surface area (Å²) in [5.41, 5.74) is 6.57. The number of alkyl halides is 3. The van der Waals surface area contributed by atoms with Crippen molar-refractivity contribution in [3.63, 3.8) is 0 Å². The van der Waals surface area contributed by atoms with Gasteiger partial charge in [-0.2, -0.15) is 13.2 Å². The number of fused-ring (bicyclic) bond motifs is 1. The van der Waals surface area contributed by atoms with E-state index in [0.29, 0.717) is 23.0 Å². The maximum Gasteiger partial charge on any atom is 0.491 e. The summed E-state index contributed by atoms with van der Waals surface area (Å²) in [5, 5.41) is 0.345. The van der Waals surface area contributed by atoms with Gasteiger partial charge in [-0.1, -0.05) is 18.2 Å². The first-order chi connectivity index (χ1) is 16.3. The summed E-state index contributed by atoms with van der Waals surface area (Å²) < 4.78 is 42.8. The molecule has 1 atom stereocenters. The molecule has 2 aromatic carbocycles. The van der Waals surface area contributed by atoms with Crippen molar-refractivity contribution >= 4 is 22.8 Å². The first-order valence-corrected chi connectivity index (χ1v) is 10.4. The monoisotopic (exact) mass is 492 g/mol. The highest BCUT2D eigenvalue weighted by Crippen LogP contribution is 2.18. The summed E-state index contributed by atoms with van der Waals surface area (Å²) >= 11 is 0. The van der Waals surface area contributed by atoms with Gasteiger partial charge in [0.1, 0.15) is 6.04 Å². The second kappa shape index (κ2) is 9.84. The van der Waals surface area contributed by atoms with Crippen LogP contribution in [0, 0.1) is 0 Å². The van der Waals surface area contributed by atoms with Crippen molar-refractivity contribution in [3.05, 3.63) is 74.4 Å². The van der Waals surface area contributed by atoms with E-state index in [4.69, 9.17) is 5.73 Å². The lowest BCUT2D eigenvalue weighted by molar-refractivity contribution is -0.202. The Morgan fingerprint density at radius 2 is 1.66 bits per heavy atom. The van der Waals surface area contributed by atoms with Crippen molar-refractivity contribution in [2.24, 2.45) is 12.8 Å². The predicted molar refractivity (Wildman–Crippen MR) is 121 cm³/mol. The Kier molecular flexibility index (Phi) is 7.27. The van der Waals surface area contributed by atoms with Gasteiger partial charge in [0.2, 0.25) is 0 Å². The number of carbonyl (C=O) groups is 2. The molecule has 0 aliphatic carbocycles. The fraction of sp³-hybridized carbons (Fsp3) is 0.304. The van der Waals surface area contributed by atoms with E-state index in [-0.39, 0.29) is 12.1 Å². The van der Waals surface area contributed by atoms with Crippen molar-refractivity contribution in [3.8, 4) is 5.69 Å². The van der Waals surface area contributed by atoms with Crippen LogP contribution in [0.1, 0.15) is 11.1 Å². The average molecular weight is 492 g/mol. The summed E-state index contributed by atoms with van der Waals surface area (Å²) in [5.74, 6) is -4.17. The fourth-order valence-corrected chi connectivity index (χ4v) is 3.53. The number of halogens is 3. The number of benzene rings is 2. The highest BCUT2D eigenvalue weighted by molar-refractivity contribution is 5.90. The second-order valence-electron chi connectivity index (χ2n) is 8.25. The zero-order valence-electron chi connectivity index (χ0n) is 19.1. The average Bonchev–Trinajstić information content (AvgIpc) is 2.77. The maximum absolute atomic E-state index is 13.1. The molecule has 0 saturated heterocycles. The van der Waals surface area contributed by atoms with Crippen LogP contribution in [0.15, 0.2) is 52.1 Å². The summed E-state index contributed by atoms with van der Waals surface area (Å²) in [6, 6.07) is 9.55. The standard InChI is InChI=1S/C23H23F3N4O5/c1-28(2)12-14-6-9-16-18(11-14)29(3)22(34)30(19(16)31)15-7-4-13(5-8-15)10-17(27)20(32)35-21(33)23(24,25)26/h4-9,11,17H,10,12,27H2,1-3H3/t17-/m0/s1. The number of carbonyl (C=O) groups excluding carboxylic acids is 2. The minimum atomic E-state index is -5.32. The van der Waals surface area contributed by atoms with Crippen molar-refractivity contribution < 1.29 is 27.5 Å². The maximum atomic E-state index is 13.1. The lowest BCUT2D eigenvalue weighted by Gasteiger charge is -2.14. The van der Waals surface area contributed by atoms with Crippen LogP contribution >= 0.6 is 0 Å². The molecule has 2 N–H and O–H groups in total. The molecular weight excluding hydrogens is 469 g/mol. The second-order valence-corrected chi connectivity index (χ2v) is 8.25. The van der Waals surface area contributed by atoms with Crippen molar-refractivity contribution in [1.82, 2.24) is 14.0 Å². The van der Waals surface area contributed by atoms with E-state index in [0.717, 1.165) is 10.1 Å². The van der Waals surface area contributed by atoms with E-state index in [2.05, 4.69) is 4.74 Å². The molecule has 35 heavy (non-hydrogen) atoms. The molecule has 0 unspecified atom stereocenters. The van der Waals surface area contributed by atoms with Crippen LogP contribution < -0.4 is 17.0 Å². The molecule has 0 bridgehead atoms. The van der Waals surface area contributed by atoms with Crippen LogP contribution in [0.25, 0.3) is 16.6 Å². The molecule has 186 valence electrons. The van der Waals surface area contributed by atoms with E-state index >= 15 is 0 Å². The van der Waals surface area contributed by atoms with Gasteiger partial charge in [-0.15, -0.1) is 0 Å². The lowest BCUT2D eigenvalue weighted by atomic mass is 10.1. The summed E-state index contributed by atoms with van der Waals surface area (Å²) in [6.45, 7) is 0.634. The van der Waals surface area contributed by atoms with Crippen LogP contribution in [-0.2, 0) is 34.3 Å². The van der Waals surface area contributed by atoms with E-state index in [1.165, 1.54) is 28.8 Å². The third kappa shape index (κ3) is 5.66. The largest absolute Gasteiger partial charge is 0.491 e. The van der Waals surface area contributed by atoms with Gasteiger partial charge >= 0.3 is 23.8 Å². The summed E-state index contributed by atoms with van der Waals surface area (Å²) in [7, 11) is 5.37. The number of hydrogen-bond acceptors (Lipinski definition) is 7. The minimum Gasteiger partial charge on any atom is -0.385 e. The Bertz CT molecular complexity index is 1390. The van der Waals surface area contributed by atoms with Gasteiger partial charge in [0.15, 0.2) is 0 Å². The van der Waals surface area contributed by atoms with Crippen molar-refractivity contribution in [2.45, 2.75) is 25.2 Å². The fourth-order valence-electron chi connectivity index (χ4n) is 3.53. The Hall–Kier alpha value is -3.77. The normalized spacial score (nSPS) is 12.7.